The first-order chi connectivity index (χ1) is 17.1. The number of aryl methyl sites for hydroxylation is 2. The van der Waals surface area contributed by atoms with Gasteiger partial charge in [0.25, 0.3) is 0 Å². The molecule has 3 aromatic rings. The van der Waals surface area contributed by atoms with E-state index in [1.165, 1.54) is 23.9 Å². The Morgan fingerprint density at radius 1 is 1.14 bits per heavy atom. The monoisotopic (exact) mass is 497 g/mol. The molecule has 2 aromatic carbocycles. The summed E-state index contributed by atoms with van der Waals surface area (Å²) in [6, 6.07) is 12.4. The van der Waals surface area contributed by atoms with Gasteiger partial charge in [-0.25, -0.2) is 4.39 Å². The molecule has 35 heavy (non-hydrogen) atoms. The van der Waals surface area contributed by atoms with Gasteiger partial charge in [0.2, 0.25) is 5.91 Å². The van der Waals surface area contributed by atoms with Gasteiger partial charge in [-0.05, 0) is 61.1 Å². The maximum absolute atomic E-state index is 13.2. The highest BCUT2D eigenvalue weighted by Gasteiger charge is 2.22. The van der Waals surface area contributed by atoms with Crippen LogP contribution < -0.4 is 10.6 Å². The number of hydrogen-bond donors (Lipinski definition) is 2. The van der Waals surface area contributed by atoms with Crippen LogP contribution in [0.15, 0.2) is 47.6 Å². The molecule has 1 aromatic heterocycles. The van der Waals surface area contributed by atoms with Crippen LogP contribution in [0, 0.1) is 5.82 Å². The van der Waals surface area contributed by atoms with Gasteiger partial charge in [-0.15, -0.1) is 10.2 Å². The molecule has 0 bridgehead atoms. The molecule has 1 fully saturated rings. The maximum Gasteiger partial charge on any atom is 0.234 e. The third kappa shape index (κ3) is 6.61. The van der Waals surface area contributed by atoms with Crippen LogP contribution in [-0.2, 0) is 35.5 Å². The van der Waals surface area contributed by atoms with Crippen molar-refractivity contribution in [2.45, 2.75) is 63.9 Å². The third-order valence-corrected chi connectivity index (χ3v) is 7.06. The summed E-state index contributed by atoms with van der Waals surface area (Å²) in [5.41, 5.74) is 4.00. The number of anilines is 2. The Kier molecular flexibility index (Phi) is 8.76. The van der Waals surface area contributed by atoms with E-state index in [-0.39, 0.29) is 23.6 Å². The number of ether oxygens (including phenoxy) is 1. The van der Waals surface area contributed by atoms with Crippen LogP contribution in [0.3, 0.4) is 0 Å². The van der Waals surface area contributed by atoms with Gasteiger partial charge in [0.05, 0.1) is 24.9 Å². The molecule has 0 radical (unpaired) electrons. The molecular formula is C26H32FN5O2S. The minimum atomic E-state index is -0.276. The summed E-state index contributed by atoms with van der Waals surface area (Å²) in [6.45, 7) is 6.01. The van der Waals surface area contributed by atoms with Gasteiger partial charge in [0, 0.05) is 18.0 Å². The van der Waals surface area contributed by atoms with Crippen molar-refractivity contribution in [3.05, 3.63) is 65.2 Å². The summed E-state index contributed by atoms with van der Waals surface area (Å²) in [4.78, 5) is 12.9. The van der Waals surface area contributed by atoms with E-state index in [9.17, 15) is 9.18 Å². The Bertz CT molecular complexity index is 1110. The lowest BCUT2D eigenvalue weighted by molar-refractivity contribution is -0.113. The molecule has 0 unspecified atom stereocenters. The van der Waals surface area contributed by atoms with Crippen molar-refractivity contribution in [2.75, 3.05) is 23.0 Å². The molecular weight excluding hydrogens is 465 g/mol. The van der Waals surface area contributed by atoms with Crippen LogP contribution in [0.25, 0.3) is 0 Å². The molecule has 2 N–H and O–H groups in total. The van der Waals surface area contributed by atoms with Crippen molar-refractivity contribution in [2.24, 2.45) is 0 Å². The quantitative estimate of drug-likeness (QED) is 0.360. The number of nitrogens with zero attached hydrogens (tertiary/aromatic N) is 3. The number of para-hydroxylation sites is 1. The summed E-state index contributed by atoms with van der Waals surface area (Å²) < 4.78 is 21.1. The van der Waals surface area contributed by atoms with E-state index >= 15 is 0 Å². The molecule has 1 aliphatic heterocycles. The minimum absolute atomic E-state index is 0.0664. The molecule has 1 amide bonds. The number of aromatic nitrogens is 3. The van der Waals surface area contributed by atoms with Crippen LogP contribution in [0.5, 0.6) is 0 Å². The smallest absolute Gasteiger partial charge is 0.234 e. The van der Waals surface area contributed by atoms with Crippen LogP contribution in [0.2, 0.25) is 0 Å². The summed E-state index contributed by atoms with van der Waals surface area (Å²) in [6.07, 6.45) is 3.85. The van der Waals surface area contributed by atoms with E-state index in [0.29, 0.717) is 18.2 Å². The van der Waals surface area contributed by atoms with E-state index < -0.39 is 0 Å². The van der Waals surface area contributed by atoms with Crippen LogP contribution in [0.1, 0.15) is 43.6 Å². The maximum atomic E-state index is 13.2. The topological polar surface area (TPSA) is 81.1 Å². The molecule has 186 valence electrons. The fraction of sp³-hybridized carbons (Fsp3) is 0.423. The lowest BCUT2D eigenvalue weighted by Crippen LogP contribution is -2.20. The highest BCUT2D eigenvalue weighted by Crippen LogP contribution is 2.25. The number of benzene rings is 2. The number of carbonyl (C=O) groups excluding carboxylic acids is 1. The number of carbonyl (C=O) groups is 1. The first-order valence-corrected chi connectivity index (χ1v) is 13.1. The van der Waals surface area contributed by atoms with Gasteiger partial charge in [0.1, 0.15) is 5.82 Å². The standard InChI is InChI=1S/C26H32FN5O2S/c1-3-18-7-5-8-19(4-2)25(18)29-24(33)17-35-26-31-30-23(32(26)16-22-9-6-14-34-22)15-28-21-12-10-20(27)11-13-21/h5,7-8,10-13,22,28H,3-4,6,9,14-17H2,1-2H3,(H,29,33)/t22-/m1/s1. The van der Waals surface area contributed by atoms with Gasteiger partial charge in [0.15, 0.2) is 11.0 Å². The van der Waals surface area contributed by atoms with E-state index in [1.807, 2.05) is 10.6 Å². The first-order valence-electron chi connectivity index (χ1n) is 12.1. The highest BCUT2D eigenvalue weighted by atomic mass is 32.2. The molecule has 1 aliphatic rings. The SMILES string of the molecule is CCc1cccc(CC)c1NC(=O)CSc1nnc(CNc2ccc(F)cc2)n1C[C@H]1CCCO1. The van der Waals surface area contributed by atoms with Crippen molar-refractivity contribution in [1.82, 2.24) is 14.8 Å². The normalized spacial score (nSPS) is 15.3. The number of rotatable bonds is 11. The molecule has 2 heterocycles. The predicted molar refractivity (Wildman–Crippen MR) is 137 cm³/mol. The van der Waals surface area contributed by atoms with Crippen molar-refractivity contribution in [3.8, 4) is 0 Å². The number of hydrogen-bond acceptors (Lipinski definition) is 6. The zero-order chi connectivity index (χ0) is 24.6. The van der Waals surface area contributed by atoms with E-state index in [0.717, 1.165) is 60.6 Å². The van der Waals surface area contributed by atoms with Gasteiger partial charge >= 0.3 is 0 Å². The van der Waals surface area contributed by atoms with Gasteiger partial charge < -0.3 is 19.9 Å². The Hall–Kier alpha value is -2.91. The highest BCUT2D eigenvalue weighted by molar-refractivity contribution is 7.99. The van der Waals surface area contributed by atoms with Crippen LogP contribution in [-0.4, -0.2) is 39.1 Å². The number of thioether (sulfide) groups is 1. The van der Waals surface area contributed by atoms with Crippen molar-refractivity contribution in [1.29, 1.82) is 0 Å². The Balaban J connectivity index is 1.44. The molecule has 1 saturated heterocycles. The Morgan fingerprint density at radius 3 is 2.54 bits per heavy atom. The van der Waals surface area contributed by atoms with Crippen LogP contribution in [0.4, 0.5) is 15.8 Å². The average molecular weight is 498 g/mol. The van der Waals surface area contributed by atoms with E-state index in [1.54, 1.807) is 12.1 Å². The molecule has 4 rings (SSSR count). The van der Waals surface area contributed by atoms with E-state index in [4.69, 9.17) is 4.74 Å². The largest absolute Gasteiger partial charge is 0.378 e. The molecule has 7 nitrogen and oxygen atoms in total. The fourth-order valence-electron chi connectivity index (χ4n) is 4.19. The van der Waals surface area contributed by atoms with Crippen molar-refractivity contribution >= 4 is 29.0 Å². The second-order valence-corrected chi connectivity index (χ2v) is 9.44. The predicted octanol–water partition coefficient (Wildman–Crippen LogP) is 5.06. The summed E-state index contributed by atoms with van der Waals surface area (Å²) in [7, 11) is 0. The third-order valence-electron chi connectivity index (χ3n) is 6.09. The second-order valence-electron chi connectivity index (χ2n) is 8.50. The Morgan fingerprint density at radius 2 is 1.89 bits per heavy atom. The lowest BCUT2D eigenvalue weighted by atomic mass is 10.0. The summed E-state index contributed by atoms with van der Waals surface area (Å²) in [5.74, 6) is 0.637. The molecule has 9 heteroatoms. The molecule has 1 atom stereocenters. The number of nitrogens with one attached hydrogen (secondary N) is 2. The fourth-order valence-corrected chi connectivity index (χ4v) is 4.96. The second kappa shape index (κ2) is 12.2. The molecule has 0 aliphatic carbocycles. The Labute approximate surface area is 209 Å². The zero-order valence-corrected chi connectivity index (χ0v) is 21.0. The number of amides is 1. The lowest BCUT2D eigenvalue weighted by Gasteiger charge is -2.16. The summed E-state index contributed by atoms with van der Waals surface area (Å²) in [5, 5.41) is 15.8. The van der Waals surface area contributed by atoms with Gasteiger partial charge in [-0.1, -0.05) is 43.8 Å². The minimum Gasteiger partial charge on any atom is -0.378 e. The van der Waals surface area contributed by atoms with Gasteiger partial charge in [-0.2, -0.15) is 0 Å². The summed E-state index contributed by atoms with van der Waals surface area (Å²) >= 11 is 1.37. The van der Waals surface area contributed by atoms with Crippen molar-refractivity contribution in [3.63, 3.8) is 0 Å². The molecule has 0 saturated carbocycles. The van der Waals surface area contributed by atoms with E-state index in [2.05, 4.69) is 46.8 Å². The van der Waals surface area contributed by atoms with Gasteiger partial charge in [-0.3, -0.25) is 4.79 Å². The zero-order valence-electron chi connectivity index (χ0n) is 20.2. The molecule has 0 spiro atoms. The van der Waals surface area contributed by atoms with Crippen molar-refractivity contribution < 1.29 is 13.9 Å². The number of halogens is 1. The first kappa shape index (κ1) is 25.2. The average Bonchev–Trinajstić information content (AvgIpc) is 3.53. The van der Waals surface area contributed by atoms with Crippen LogP contribution >= 0.6 is 11.8 Å².